The van der Waals surface area contributed by atoms with E-state index in [-0.39, 0.29) is 0 Å². The van der Waals surface area contributed by atoms with Crippen molar-refractivity contribution in [2.75, 3.05) is 29.9 Å². The van der Waals surface area contributed by atoms with Crippen molar-refractivity contribution in [2.24, 2.45) is 11.7 Å². The maximum atomic E-state index is 5.81. The Kier molecular flexibility index (Phi) is 3.77. The van der Waals surface area contributed by atoms with Crippen LogP contribution in [0.3, 0.4) is 0 Å². The summed E-state index contributed by atoms with van der Waals surface area (Å²) in [5.41, 5.74) is 7.90. The molecule has 4 heterocycles. The summed E-state index contributed by atoms with van der Waals surface area (Å²) in [5, 5.41) is 10.9. The highest BCUT2D eigenvalue weighted by Crippen LogP contribution is 2.39. The lowest BCUT2D eigenvalue weighted by Crippen LogP contribution is -2.37. The van der Waals surface area contributed by atoms with E-state index in [0.717, 1.165) is 55.8 Å². The molecular weight excluding hydrogens is 328 g/mol. The lowest BCUT2D eigenvalue weighted by Gasteiger charge is -2.31. The van der Waals surface area contributed by atoms with Gasteiger partial charge in [0.05, 0.1) is 0 Å². The highest BCUT2D eigenvalue weighted by atomic mass is 15.3. The smallest absolute Gasteiger partial charge is 0.230 e. The number of anilines is 3. The molecule has 1 aliphatic heterocycles. The van der Waals surface area contributed by atoms with Gasteiger partial charge in [-0.25, -0.2) is 0 Å². The van der Waals surface area contributed by atoms with Crippen molar-refractivity contribution in [1.82, 2.24) is 24.6 Å². The molecule has 0 aromatic carbocycles. The van der Waals surface area contributed by atoms with Gasteiger partial charge in [-0.1, -0.05) is 0 Å². The van der Waals surface area contributed by atoms with Crippen LogP contribution in [0, 0.1) is 5.92 Å². The lowest BCUT2D eigenvalue weighted by atomic mass is 9.97. The fourth-order valence-electron chi connectivity index (χ4n) is 3.64. The third-order valence-electron chi connectivity index (χ3n) is 5.46. The standard InChI is InChI=1S/C18H24N8/c19-11-12-5-8-25(9-6-12)17-21-16-2-1-7-26(16)18(22-17)20-15-10-14(23-24-15)13-3-4-13/h1-2,7,10,12-13H,3-6,8-9,11,19H2,(H2,20,21,22,23,24). The summed E-state index contributed by atoms with van der Waals surface area (Å²) >= 11 is 0. The highest BCUT2D eigenvalue weighted by molar-refractivity contribution is 5.57. The van der Waals surface area contributed by atoms with Gasteiger partial charge < -0.3 is 16.0 Å². The Morgan fingerprint density at radius 3 is 2.81 bits per heavy atom. The molecule has 2 aliphatic rings. The normalized spacial score (nSPS) is 18.6. The van der Waals surface area contributed by atoms with Crippen LogP contribution in [0.25, 0.3) is 5.65 Å². The minimum atomic E-state index is 0.616. The largest absolute Gasteiger partial charge is 0.341 e. The van der Waals surface area contributed by atoms with Gasteiger partial charge in [0.15, 0.2) is 5.82 Å². The second kappa shape index (κ2) is 6.28. The number of hydrogen-bond donors (Lipinski definition) is 3. The van der Waals surface area contributed by atoms with Gasteiger partial charge in [0.1, 0.15) is 5.65 Å². The van der Waals surface area contributed by atoms with E-state index in [9.17, 15) is 0 Å². The summed E-state index contributed by atoms with van der Waals surface area (Å²) in [5.74, 6) is 3.57. The minimum Gasteiger partial charge on any atom is -0.341 e. The molecule has 136 valence electrons. The predicted octanol–water partition coefficient (Wildman–Crippen LogP) is 2.25. The maximum Gasteiger partial charge on any atom is 0.230 e. The van der Waals surface area contributed by atoms with E-state index < -0.39 is 0 Å². The summed E-state index contributed by atoms with van der Waals surface area (Å²) in [6.45, 7) is 2.67. The van der Waals surface area contributed by atoms with Gasteiger partial charge in [0.25, 0.3) is 0 Å². The number of aromatic amines is 1. The molecule has 0 radical (unpaired) electrons. The van der Waals surface area contributed by atoms with Crippen LogP contribution in [0.2, 0.25) is 0 Å². The van der Waals surface area contributed by atoms with Crippen molar-refractivity contribution in [3.63, 3.8) is 0 Å². The number of hydrogen-bond acceptors (Lipinski definition) is 6. The zero-order chi connectivity index (χ0) is 17.5. The molecule has 0 amide bonds. The number of H-pyrrole nitrogens is 1. The zero-order valence-electron chi connectivity index (χ0n) is 14.7. The first kappa shape index (κ1) is 15.6. The number of fused-ring (bicyclic) bond motifs is 1. The van der Waals surface area contributed by atoms with Gasteiger partial charge in [-0.05, 0) is 50.3 Å². The summed E-state index contributed by atoms with van der Waals surface area (Å²) < 4.78 is 1.96. The van der Waals surface area contributed by atoms with Crippen molar-refractivity contribution in [2.45, 2.75) is 31.6 Å². The molecule has 0 bridgehead atoms. The minimum absolute atomic E-state index is 0.616. The number of piperidine rings is 1. The predicted molar refractivity (Wildman–Crippen MR) is 101 cm³/mol. The van der Waals surface area contributed by atoms with Crippen LogP contribution >= 0.6 is 0 Å². The van der Waals surface area contributed by atoms with Crippen LogP contribution in [-0.4, -0.2) is 44.2 Å². The van der Waals surface area contributed by atoms with Crippen molar-refractivity contribution in [1.29, 1.82) is 0 Å². The molecule has 1 saturated carbocycles. The quantitative estimate of drug-likeness (QED) is 0.651. The fraction of sp³-hybridized carbons (Fsp3) is 0.500. The second-order valence-corrected chi connectivity index (χ2v) is 7.36. The third kappa shape index (κ3) is 2.90. The number of aromatic nitrogens is 5. The highest BCUT2D eigenvalue weighted by Gasteiger charge is 2.26. The Morgan fingerprint density at radius 1 is 1.19 bits per heavy atom. The van der Waals surface area contributed by atoms with E-state index in [2.05, 4.69) is 26.5 Å². The molecule has 0 spiro atoms. The summed E-state index contributed by atoms with van der Waals surface area (Å²) in [7, 11) is 0. The molecule has 8 nitrogen and oxygen atoms in total. The summed E-state index contributed by atoms with van der Waals surface area (Å²) in [6.07, 6.45) is 6.66. The molecule has 3 aromatic heterocycles. The molecule has 26 heavy (non-hydrogen) atoms. The van der Waals surface area contributed by atoms with Crippen LogP contribution in [0.1, 0.15) is 37.3 Å². The lowest BCUT2D eigenvalue weighted by molar-refractivity contribution is 0.411. The third-order valence-corrected chi connectivity index (χ3v) is 5.46. The van der Waals surface area contributed by atoms with Crippen molar-refractivity contribution < 1.29 is 0 Å². The van der Waals surface area contributed by atoms with Gasteiger partial charge in [0.2, 0.25) is 11.9 Å². The monoisotopic (exact) mass is 352 g/mol. The van der Waals surface area contributed by atoms with Crippen LogP contribution in [0.4, 0.5) is 17.7 Å². The van der Waals surface area contributed by atoms with E-state index in [1.165, 1.54) is 18.5 Å². The van der Waals surface area contributed by atoms with E-state index in [1.54, 1.807) is 0 Å². The number of nitrogens with zero attached hydrogens (tertiary/aromatic N) is 5. The van der Waals surface area contributed by atoms with E-state index >= 15 is 0 Å². The topological polar surface area (TPSA) is 100 Å². The van der Waals surface area contributed by atoms with Crippen LogP contribution < -0.4 is 16.0 Å². The summed E-state index contributed by atoms with van der Waals surface area (Å²) in [6, 6.07) is 6.07. The Labute approximate surface area is 151 Å². The molecule has 2 fully saturated rings. The van der Waals surface area contributed by atoms with Crippen LogP contribution in [0.5, 0.6) is 0 Å². The number of nitrogens with one attached hydrogen (secondary N) is 2. The molecule has 3 aromatic rings. The molecule has 0 atom stereocenters. The van der Waals surface area contributed by atoms with Crippen molar-refractivity contribution in [3.8, 4) is 0 Å². The Balaban J connectivity index is 1.43. The first-order valence-electron chi connectivity index (χ1n) is 9.42. The van der Waals surface area contributed by atoms with Crippen LogP contribution in [0.15, 0.2) is 24.4 Å². The SMILES string of the molecule is NCC1CCN(c2nc(Nc3cc(C4CC4)[nH]n3)n3cccc3n2)CC1. The zero-order valence-corrected chi connectivity index (χ0v) is 14.7. The van der Waals surface area contributed by atoms with Gasteiger partial charge in [0, 0.05) is 37.0 Å². The first-order valence-corrected chi connectivity index (χ1v) is 9.42. The van der Waals surface area contributed by atoms with Gasteiger partial charge in [-0.2, -0.15) is 15.1 Å². The Morgan fingerprint density at radius 2 is 2.04 bits per heavy atom. The van der Waals surface area contributed by atoms with Crippen LogP contribution in [-0.2, 0) is 0 Å². The average Bonchev–Trinajstić information content (AvgIpc) is 3.23. The van der Waals surface area contributed by atoms with Crippen molar-refractivity contribution >= 4 is 23.4 Å². The number of rotatable bonds is 5. The molecule has 4 N–H and O–H groups in total. The molecule has 0 unspecified atom stereocenters. The molecule has 8 heteroatoms. The maximum absolute atomic E-state index is 5.81. The summed E-state index contributed by atoms with van der Waals surface area (Å²) in [4.78, 5) is 11.8. The Bertz CT molecular complexity index is 901. The molecule has 1 aliphatic carbocycles. The van der Waals surface area contributed by atoms with Gasteiger partial charge in [-0.3, -0.25) is 9.50 Å². The first-order chi connectivity index (χ1) is 12.8. The fourth-order valence-corrected chi connectivity index (χ4v) is 3.64. The molecule has 5 rings (SSSR count). The van der Waals surface area contributed by atoms with E-state index in [0.29, 0.717) is 11.8 Å². The van der Waals surface area contributed by atoms with Gasteiger partial charge in [-0.15, -0.1) is 0 Å². The second-order valence-electron chi connectivity index (χ2n) is 7.36. The van der Waals surface area contributed by atoms with E-state index in [1.807, 2.05) is 22.7 Å². The van der Waals surface area contributed by atoms with E-state index in [4.69, 9.17) is 15.7 Å². The number of nitrogens with two attached hydrogens (primary N) is 1. The van der Waals surface area contributed by atoms with Gasteiger partial charge >= 0.3 is 0 Å². The molecular formula is C18H24N8. The average molecular weight is 352 g/mol. The molecule has 1 saturated heterocycles. The Hall–Kier alpha value is -2.61. The van der Waals surface area contributed by atoms with Crippen molar-refractivity contribution in [3.05, 3.63) is 30.1 Å².